The van der Waals surface area contributed by atoms with Crippen molar-refractivity contribution in [2.45, 2.75) is 52.0 Å². The van der Waals surface area contributed by atoms with E-state index in [9.17, 15) is 4.79 Å². The van der Waals surface area contributed by atoms with Crippen LogP contribution in [0.2, 0.25) is 0 Å². The first-order valence-corrected chi connectivity index (χ1v) is 7.22. The third-order valence-electron chi connectivity index (χ3n) is 3.26. The van der Waals surface area contributed by atoms with Crippen molar-refractivity contribution in [1.29, 1.82) is 0 Å². The molecule has 5 nitrogen and oxygen atoms in total. The molecule has 6 heteroatoms. The van der Waals surface area contributed by atoms with Crippen molar-refractivity contribution >= 4 is 17.4 Å². The molecule has 0 radical (unpaired) electrons. The van der Waals surface area contributed by atoms with E-state index >= 15 is 0 Å². The zero-order valence-electron chi connectivity index (χ0n) is 11.3. The number of carbonyl (C=O) groups excluding carboxylic acids is 1. The van der Waals surface area contributed by atoms with Gasteiger partial charge in [-0.1, -0.05) is 31.7 Å². The minimum Gasteiger partial charge on any atom is -0.349 e. The molecule has 1 heterocycles. The Labute approximate surface area is 112 Å². The van der Waals surface area contributed by atoms with Gasteiger partial charge in [0.15, 0.2) is 0 Å². The summed E-state index contributed by atoms with van der Waals surface area (Å²) in [7, 11) is 0. The Kier molecular flexibility index (Phi) is 5.68. The number of nitrogens with zero attached hydrogens (tertiary/aromatic N) is 2. The summed E-state index contributed by atoms with van der Waals surface area (Å²) >= 11 is 1.15. The topological polar surface area (TPSA) is 80.9 Å². The second-order valence-electron chi connectivity index (χ2n) is 4.55. The van der Waals surface area contributed by atoms with E-state index in [1.54, 1.807) is 0 Å². The molecule has 0 fully saturated rings. The maximum Gasteiger partial charge on any atom is 0.265 e. The van der Waals surface area contributed by atoms with Gasteiger partial charge in [0, 0.05) is 12.1 Å². The zero-order chi connectivity index (χ0) is 13.6. The largest absolute Gasteiger partial charge is 0.349 e. The summed E-state index contributed by atoms with van der Waals surface area (Å²) in [6.45, 7) is 6.61. The van der Waals surface area contributed by atoms with Crippen molar-refractivity contribution in [3.63, 3.8) is 0 Å². The summed E-state index contributed by atoms with van der Waals surface area (Å²) in [4.78, 5) is 12.7. The third-order valence-corrected chi connectivity index (χ3v) is 4.02. The molecule has 0 spiro atoms. The Morgan fingerprint density at radius 2 is 2.06 bits per heavy atom. The number of aromatic nitrogens is 2. The number of aryl methyl sites for hydroxylation is 1. The summed E-state index contributed by atoms with van der Waals surface area (Å²) < 4.78 is 3.85. The molecule has 3 N–H and O–H groups in total. The van der Waals surface area contributed by atoms with Gasteiger partial charge in [-0.2, -0.15) is 0 Å². The number of rotatable bonds is 7. The highest BCUT2D eigenvalue weighted by Crippen LogP contribution is 2.14. The first-order valence-electron chi connectivity index (χ1n) is 6.44. The fourth-order valence-corrected chi connectivity index (χ4v) is 2.24. The smallest absolute Gasteiger partial charge is 0.265 e. The highest BCUT2D eigenvalue weighted by atomic mass is 32.1. The van der Waals surface area contributed by atoms with Gasteiger partial charge in [-0.3, -0.25) is 4.79 Å². The van der Waals surface area contributed by atoms with E-state index in [2.05, 4.69) is 21.8 Å². The summed E-state index contributed by atoms with van der Waals surface area (Å²) in [5, 5.41) is 6.88. The number of carbonyl (C=O) groups is 1. The molecule has 0 aliphatic carbocycles. The molecule has 102 valence electrons. The lowest BCUT2D eigenvalue weighted by Gasteiger charge is -2.26. The molecule has 1 rings (SSSR count). The maximum atomic E-state index is 12.0. The number of hydrogen-bond acceptors (Lipinski definition) is 5. The van der Waals surface area contributed by atoms with E-state index in [0.717, 1.165) is 42.9 Å². The van der Waals surface area contributed by atoms with Crippen LogP contribution in [0.3, 0.4) is 0 Å². The summed E-state index contributed by atoms with van der Waals surface area (Å²) in [6.07, 6.45) is 3.42. The van der Waals surface area contributed by atoms with Gasteiger partial charge in [0.25, 0.3) is 5.91 Å². The zero-order valence-corrected chi connectivity index (χ0v) is 12.1. The minimum absolute atomic E-state index is 0.106. The predicted octanol–water partition coefficient (Wildman–Crippen LogP) is 1.74. The van der Waals surface area contributed by atoms with Crippen LogP contribution in [0.5, 0.6) is 0 Å². The van der Waals surface area contributed by atoms with E-state index in [0.29, 0.717) is 11.4 Å². The molecule has 0 aromatic carbocycles. The van der Waals surface area contributed by atoms with E-state index in [1.165, 1.54) is 0 Å². The van der Waals surface area contributed by atoms with Crippen LogP contribution >= 0.6 is 11.5 Å². The molecule has 0 aliphatic heterocycles. The van der Waals surface area contributed by atoms with Gasteiger partial charge >= 0.3 is 0 Å². The van der Waals surface area contributed by atoms with Gasteiger partial charge < -0.3 is 11.1 Å². The second-order valence-corrected chi connectivity index (χ2v) is 5.31. The molecule has 0 unspecified atom stereocenters. The first kappa shape index (κ1) is 15.0. The normalized spacial score (nSPS) is 11.6. The molecule has 18 heavy (non-hydrogen) atoms. The Morgan fingerprint density at radius 3 is 2.61 bits per heavy atom. The molecule has 0 atom stereocenters. The van der Waals surface area contributed by atoms with Gasteiger partial charge in [-0.25, -0.2) is 0 Å². The van der Waals surface area contributed by atoms with Crippen LogP contribution in [-0.2, 0) is 6.42 Å². The summed E-state index contributed by atoms with van der Waals surface area (Å²) in [5.74, 6) is -0.106. The monoisotopic (exact) mass is 270 g/mol. The number of nitrogens with two attached hydrogens (primary N) is 1. The van der Waals surface area contributed by atoms with Crippen LogP contribution in [-0.4, -0.2) is 27.6 Å². The van der Waals surface area contributed by atoms with E-state index in [4.69, 9.17) is 5.73 Å². The van der Waals surface area contributed by atoms with Crippen molar-refractivity contribution in [2.24, 2.45) is 5.73 Å². The Balaban J connectivity index is 2.62. The molecular formula is C12H22N4OS. The van der Waals surface area contributed by atoms with Crippen molar-refractivity contribution in [3.05, 3.63) is 10.6 Å². The molecule has 1 aromatic rings. The molecule has 1 aromatic heterocycles. The van der Waals surface area contributed by atoms with Crippen molar-refractivity contribution < 1.29 is 4.79 Å². The fourth-order valence-electron chi connectivity index (χ4n) is 1.62. The average molecular weight is 270 g/mol. The molecule has 0 saturated heterocycles. The lowest BCUT2D eigenvalue weighted by Crippen LogP contribution is -2.49. The van der Waals surface area contributed by atoms with Gasteiger partial charge in [0.05, 0.1) is 5.69 Å². The van der Waals surface area contributed by atoms with Crippen LogP contribution < -0.4 is 11.1 Å². The third kappa shape index (κ3) is 3.74. The fraction of sp³-hybridized carbons (Fsp3) is 0.750. The Bertz CT molecular complexity index is 387. The quantitative estimate of drug-likeness (QED) is 0.790. The standard InChI is InChI=1S/C12H22N4OS/c1-4-7-9-10(18-16-15-9)11(17)14-8-12(13,5-2)6-3/h4-8,13H2,1-3H3,(H,14,17). The maximum absolute atomic E-state index is 12.0. The highest BCUT2D eigenvalue weighted by Gasteiger charge is 2.23. The van der Waals surface area contributed by atoms with E-state index in [-0.39, 0.29) is 11.4 Å². The lowest BCUT2D eigenvalue weighted by molar-refractivity contribution is 0.0945. The van der Waals surface area contributed by atoms with E-state index in [1.807, 2.05) is 13.8 Å². The molecule has 0 aliphatic rings. The number of amides is 1. The van der Waals surface area contributed by atoms with Crippen molar-refractivity contribution in [2.75, 3.05) is 6.54 Å². The number of nitrogens with one attached hydrogen (secondary N) is 1. The molecular weight excluding hydrogens is 248 g/mol. The van der Waals surface area contributed by atoms with Crippen LogP contribution in [0.25, 0.3) is 0 Å². The molecule has 0 saturated carbocycles. The van der Waals surface area contributed by atoms with Crippen LogP contribution in [0, 0.1) is 0 Å². The van der Waals surface area contributed by atoms with Gasteiger partial charge in [0.2, 0.25) is 0 Å². The summed E-state index contributed by atoms with van der Waals surface area (Å²) in [6, 6.07) is 0. The molecule has 1 amide bonds. The van der Waals surface area contributed by atoms with Crippen LogP contribution in [0.1, 0.15) is 55.4 Å². The van der Waals surface area contributed by atoms with Gasteiger partial charge in [-0.15, -0.1) is 5.10 Å². The van der Waals surface area contributed by atoms with Gasteiger partial charge in [0.1, 0.15) is 4.88 Å². The minimum atomic E-state index is -0.321. The Hall–Kier alpha value is -1.01. The SMILES string of the molecule is CCCc1nnsc1C(=O)NCC(N)(CC)CC. The second kappa shape index (κ2) is 6.80. The molecule has 0 bridgehead atoms. The van der Waals surface area contributed by atoms with Gasteiger partial charge in [-0.05, 0) is 30.8 Å². The van der Waals surface area contributed by atoms with Crippen LogP contribution in [0.15, 0.2) is 0 Å². The van der Waals surface area contributed by atoms with Crippen LogP contribution in [0.4, 0.5) is 0 Å². The number of hydrogen-bond donors (Lipinski definition) is 2. The van der Waals surface area contributed by atoms with Crippen molar-refractivity contribution in [3.8, 4) is 0 Å². The Morgan fingerprint density at radius 1 is 1.39 bits per heavy atom. The summed E-state index contributed by atoms with van der Waals surface area (Å²) in [5.41, 5.74) is 6.62. The predicted molar refractivity (Wildman–Crippen MR) is 73.7 cm³/mol. The average Bonchev–Trinajstić information content (AvgIpc) is 2.84. The van der Waals surface area contributed by atoms with E-state index < -0.39 is 0 Å². The first-order chi connectivity index (χ1) is 8.56. The highest BCUT2D eigenvalue weighted by molar-refractivity contribution is 7.08. The lowest BCUT2D eigenvalue weighted by atomic mass is 9.94. The van der Waals surface area contributed by atoms with Crippen molar-refractivity contribution in [1.82, 2.24) is 14.9 Å².